The third-order valence-corrected chi connectivity index (χ3v) is 10.1. The van der Waals surface area contributed by atoms with Gasteiger partial charge in [-0.15, -0.1) is 68.1 Å². The predicted octanol–water partition coefficient (Wildman–Crippen LogP) is 12.0. The molecule has 0 unspecified atom stereocenters. The summed E-state index contributed by atoms with van der Waals surface area (Å²) in [5.74, 6) is 0. The van der Waals surface area contributed by atoms with E-state index in [2.05, 4.69) is 130 Å². The van der Waals surface area contributed by atoms with Crippen molar-refractivity contribution in [1.29, 1.82) is 0 Å². The SMILES string of the molecule is C[Si]C.Cc1[cH-]c2c(C)ccc(C[Si](C)(C)C)c2c1C.Cc1[cH-]c2c(C)ccc(C[Si](C)(C)C)c2c1C.[Cl][Zr+2][Cl]. The van der Waals surface area contributed by atoms with Gasteiger partial charge in [0.25, 0.3) is 0 Å². The molecule has 6 heteroatoms. The van der Waals surface area contributed by atoms with Crippen LogP contribution < -0.4 is 0 Å². The Morgan fingerprint density at radius 1 is 0.625 bits per heavy atom. The first kappa shape index (κ1) is 37.8. The fraction of sp³-hybridized carbons (Fsp3) is 0.471. The van der Waals surface area contributed by atoms with Crippen LogP contribution in [0.4, 0.5) is 0 Å². The fourth-order valence-electron chi connectivity index (χ4n) is 5.28. The van der Waals surface area contributed by atoms with Crippen LogP contribution in [0.5, 0.6) is 0 Å². The van der Waals surface area contributed by atoms with E-state index in [-0.39, 0.29) is 0 Å². The van der Waals surface area contributed by atoms with Gasteiger partial charge in [-0.3, -0.25) is 0 Å². The summed E-state index contributed by atoms with van der Waals surface area (Å²) < 4.78 is 0. The summed E-state index contributed by atoms with van der Waals surface area (Å²) >= 11 is -0.826. The molecule has 0 atom stereocenters. The Kier molecular flexibility index (Phi) is 15.7. The Bertz CT molecular complexity index is 1260. The molecule has 0 nitrogen and oxygen atoms in total. The van der Waals surface area contributed by atoms with Gasteiger partial charge in [-0.1, -0.05) is 117 Å². The van der Waals surface area contributed by atoms with Gasteiger partial charge in [-0.05, 0) is 12.1 Å². The van der Waals surface area contributed by atoms with Crippen LogP contribution in [0.15, 0.2) is 36.4 Å². The second kappa shape index (κ2) is 16.6. The molecule has 0 saturated heterocycles. The second-order valence-corrected chi connectivity index (χ2v) is 29.3. The van der Waals surface area contributed by atoms with E-state index in [0.717, 1.165) is 9.52 Å². The van der Waals surface area contributed by atoms with E-state index in [0.29, 0.717) is 0 Å². The molecule has 4 aromatic rings. The van der Waals surface area contributed by atoms with Gasteiger partial charge in [0.05, 0.1) is 0 Å². The van der Waals surface area contributed by atoms with Crippen molar-refractivity contribution in [2.45, 2.75) is 106 Å². The van der Waals surface area contributed by atoms with Crippen LogP contribution in [-0.2, 0) is 32.9 Å². The summed E-state index contributed by atoms with van der Waals surface area (Å²) in [5.41, 5.74) is 11.8. The van der Waals surface area contributed by atoms with Gasteiger partial charge < -0.3 is 0 Å². The fourth-order valence-corrected chi connectivity index (χ4v) is 8.15. The van der Waals surface area contributed by atoms with Gasteiger partial charge in [0.2, 0.25) is 0 Å². The molecule has 218 valence electrons. The van der Waals surface area contributed by atoms with E-state index in [4.69, 9.17) is 17.0 Å². The van der Waals surface area contributed by atoms with Gasteiger partial charge in [0.1, 0.15) is 0 Å². The molecule has 0 aromatic heterocycles. The van der Waals surface area contributed by atoms with E-state index in [1.54, 1.807) is 11.1 Å². The van der Waals surface area contributed by atoms with Crippen LogP contribution in [0.2, 0.25) is 52.4 Å². The molecule has 2 radical (unpaired) electrons. The molecule has 0 amide bonds. The molecule has 0 fully saturated rings. The Labute approximate surface area is 269 Å². The predicted molar refractivity (Wildman–Crippen MR) is 191 cm³/mol. The Morgan fingerprint density at radius 3 is 1.15 bits per heavy atom. The van der Waals surface area contributed by atoms with Gasteiger partial charge in [-0.25, -0.2) is 0 Å². The van der Waals surface area contributed by atoms with E-state index in [9.17, 15) is 0 Å². The number of rotatable bonds is 4. The molecule has 0 bridgehead atoms. The summed E-state index contributed by atoms with van der Waals surface area (Å²) in [7, 11) is 8.86. The monoisotopic (exact) mass is 704 g/mol. The van der Waals surface area contributed by atoms with Crippen molar-refractivity contribution < 1.29 is 20.8 Å². The van der Waals surface area contributed by atoms with Crippen molar-refractivity contribution in [2.24, 2.45) is 0 Å². The Balaban J connectivity index is 0.000000335. The van der Waals surface area contributed by atoms with E-state index in [1.165, 1.54) is 67.0 Å². The summed E-state index contributed by atoms with van der Waals surface area (Å²) in [4.78, 5) is 0. The first-order chi connectivity index (χ1) is 18.4. The van der Waals surface area contributed by atoms with Crippen molar-refractivity contribution in [1.82, 2.24) is 0 Å². The maximum absolute atomic E-state index is 4.93. The van der Waals surface area contributed by atoms with Crippen molar-refractivity contribution >= 4 is 64.2 Å². The number of benzene rings is 2. The summed E-state index contributed by atoms with van der Waals surface area (Å²) in [6.45, 7) is 32.4. The summed E-state index contributed by atoms with van der Waals surface area (Å²) in [5, 5.41) is 6.00. The molecule has 4 aromatic carbocycles. The van der Waals surface area contributed by atoms with E-state index in [1.807, 2.05) is 0 Å². The van der Waals surface area contributed by atoms with Crippen LogP contribution in [0.25, 0.3) is 21.5 Å². The molecular weight excluding hydrogens is 655 g/mol. The average molecular weight is 707 g/mol. The Morgan fingerprint density at radius 2 is 0.900 bits per heavy atom. The molecule has 0 aliphatic carbocycles. The second-order valence-electron chi connectivity index (χ2n) is 13.6. The third-order valence-electron chi connectivity index (χ3n) is 7.20. The number of fused-ring (bicyclic) bond motifs is 2. The topological polar surface area (TPSA) is 0 Å². The van der Waals surface area contributed by atoms with Crippen molar-refractivity contribution in [3.63, 3.8) is 0 Å². The number of aryl methyl sites for hydroxylation is 6. The maximum atomic E-state index is 4.93. The molecule has 40 heavy (non-hydrogen) atoms. The zero-order chi connectivity index (χ0) is 31.0. The average Bonchev–Trinajstić information content (AvgIpc) is 3.29. The minimum absolute atomic E-state index is 0.826. The standard InChI is InChI=1S/2C16H23Si.C2H6Si.2ClH.Zr/c2*1-11-7-8-14(10-17(4,5)6)16-13(3)12(2)9-15(11)16;1-3-2;;;/h2*7-9H,10H2,1-6H3;1-2H3;2*1H;/q2*-1;;;;+4/p-2. The van der Waals surface area contributed by atoms with Crippen LogP contribution in [0.1, 0.15) is 44.5 Å². The first-order valence-corrected chi connectivity index (χ1v) is 30.0. The van der Waals surface area contributed by atoms with Crippen molar-refractivity contribution in [2.75, 3.05) is 0 Å². The van der Waals surface area contributed by atoms with Gasteiger partial charge >= 0.3 is 37.9 Å². The van der Waals surface area contributed by atoms with Gasteiger partial charge in [-0.2, -0.15) is 11.1 Å². The first-order valence-electron chi connectivity index (χ1n) is 14.3. The zero-order valence-corrected chi connectivity index (χ0v) is 34.6. The molecule has 0 N–H and O–H groups in total. The molecule has 0 aliphatic rings. The van der Waals surface area contributed by atoms with E-state index >= 15 is 0 Å². The number of halogens is 2. The van der Waals surface area contributed by atoms with Crippen LogP contribution in [0.3, 0.4) is 0 Å². The Hall–Kier alpha value is -0.226. The van der Waals surface area contributed by atoms with E-state index < -0.39 is 37.0 Å². The zero-order valence-electron chi connectivity index (χ0n) is 27.6. The van der Waals surface area contributed by atoms with Crippen LogP contribution >= 0.6 is 17.0 Å². The van der Waals surface area contributed by atoms with Crippen LogP contribution in [0, 0.1) is 41.5 Å². The minimum atomic E-state index is -1.05. The molecule has 0 aliphatic heterocycles. The number of hydrogen-bond acceptors (Lipinski definition) is 0. The number of hydrogen-bond donors (Lipinski definition) is 0. The molecule has 0 spiro atoms. The molecular formula is C34H52Cl2Si3Zr. The quantitative estimate of drug-likeness (QED) is 0.146. The molecule has 0 saturated carbocycles. The normalized spacial score (nSPS) is 11.2. The summed E-state index contributed by atoms with van der Waals surface area (Å²) in [6, 6.07) is 16.6. The third kappa shape index (κ3) is 11.1. The van der Waals surface area contributed by atoms with Gasteiger partial charge in [0.15, 0.2) is 0 Å². The molecule has 4 rings (SSSR count). The van der Waals surface area contributed by atoms with Crippen LogP contribution in [-0.4, -0.2) is 25.7 Å². The molecule has 0 heterocycles. The summed E-state index contributed by atoms with van der Waals surface area (Å²) in [6.07, 6.45) is 0. The van der Waals surface area contributed by atoms with Gasteiger partial charge in [0, 0.05) is 25.7 Å². The van der Waals surface area contributed by atoms with Crippen molar-refractivity contribution in [3.8, 4) is 0 Å². The van der Waals surface area contributed by atoms with Crippen molar-refractivity contribution in [3.05, 3.63) is 80.9 Å².